The summed E-state index contributed by atoms with van der Waals surface area (Å²) in [5.74, 6) is -0.627. The molecule has 7 heteroatoms. The van der Waals surface area contributed by atoms with Crippen LogP contribution in [0.15, 0.2) is 85.1 Å². The van der Waals surface area contributed by atoms with Gasteiger partial charge in [-0.05, 0) is 35.9 Å². The maximum Gasteiger partial charge on any atom is 0.356 e. The molecule has 6 rings (SSSR count). The third-order valence-corrected chi connectivity index (χ3v) is 6.95. The van der Waals surface area contributed by atoms with Crippen molar-refractivity contribution in [3.8, 4) is 11.3 Å². The van der Waals surface area contributed by atoms with Crippen LogP contribution in [0.4, 0.5) is 0 Å². The minimum atomic E-state index is -0.520. The number of methoxy groups -OCH3 is 1. The van der Waals surface area contributed by atoms with Crippen molar-refractivity contribution < 1.29 is 14.3 Å². The number of carbonyl (C=O) groups is 2. The first-order valence-electron chi connectivity index (χ1n) is 11.8. The normalized spacial score (nSPS) is 11.4. The average Bonchev–Trinajstić information content (AvgIpc) is 3.46. The van der Waals surface area contributed by atoms with Crippen LogP contribution < -0.4 is 0 Å². The highest BCUT2D eigenvalue weighted by molar-refractivity contribution is 6.30. The zero-order valence-corrected chi connectivity index (χ0v) is 21.0. The second kappa shape index (κ2) is 8.91. The molecule has 0 N–H and O–H groups in total. The number of carbonyl (C=O) groups excluding carboxylic acids is 2. The third kappa shape index (κ3) is 3.77. The summed E-state index contributed by atoms with van der Waals surface area (Å²) in [7, 11) is 1.35. The average molecular weight is 508 g/mol. The number of para-hydroxylation sites is 2. The molecular formula is C30H22ClN3O3. The van der Waals surface area contributed by atoms with Crippen LogP contribution in [0.1, 0.15) is 27.8 Å². The summed E-state index contributed by atoms with van der Waals surface area (Å²) >= 11 is 6.14. The predicted molar refractivity (Wildman–Crippen MR) is 146 cm³/mol. The molecule has 0 saturated carbocycles. The predicted octanol–water partition coefficient (Wildman–Crippen LogP) is 6.96. The fourth-order valence-corrected chi connectivity index (χ4v) is 5.16. The van der Waals surface area contributed by atoms with Gasteiger partial charge in [0.2, 0.25) is 5.91 Å². The minimum Gasteiger partial charge on any atom is -0.464 e. The summed E-state index contributed by atoms with van der Waals surface area (Å²) in [6.45, 7) is 2.10. The van der Waals surface area contributed by atoms with Crippen molar-refractivity contribution in [1.29, 1.82) is 0 Å². The second-order valence-corrected chi connectivity index (χ2v) is 9.36. The van der Waals surface area contributed by atoms with Gasteiger partial charge >= 0.3 is 5.97 Å². The van der Waals surface area contributed by atoms with Crippen LogP contribution in [-0.4, -0.2) is 33.1 Å². The van der Waals surface area contributed by atoms with Gasteiger partial charge in [0, 0.05) is 51.9 Å². The van der Waals surface area contributed by atoms with E-state index in [1.54, 1.807) is 16.8 Å². The molecule has 0 aliphatic carbocycles. The molecule has 6 nitrogen and oxygen atoms in total. The Balaban J connectivity index is 1.75. The standard InChI is InChI=1S/C30H22ClN3O3/c1-18(35)33-17-24(22-8-4-5-9-26(22)33)28-29-23(15-25(32-28)30(36)37-2)21-7-3-6-10-27(21)34(29)16-19-11-13-20(31)14-12-19/h3-15,17H,16H2,1-2H3. The summed E-state index contributed by atoms with van der Waals surface area (Å²) in [5.41, 5.74) is 5.31. The smallest absolute Gasteiger partial charge is 0.356 e. The highest BCUT2D eigenvalue weighted by atomic mass is 35.5. The van der Waals surface area contributed by atoms with Crippen molar-refractivity contribution >= 4 is 56.2 Å². The zero-order valence-electron chi connectivity index (χ0n) is 20.2. The maximum absolute atomic E-state index is 12.7. The monoisotopic (exact) mass is 507 g/mol. The van der Waals surface area contributed by atoms with Crippen molar-refractivity contribution in [2.24, 2.45) is 0 Å². The van der Waals surface area contributed by atoms with Crippen LogP contribution in [-0.2, 0) is 11.3 Å². The quantitative estimate of drug-likeness (QED) is 0.242. The number of hydrogen-bond donors (Lipinski definition) is 0. The fraction of sp³-hybridized carbons (Fsp3) is 0.100. The van der Waals surface area contributed by atoms with Crippen molar-refractivity contribution in [2.75, 3.05) is 7.11 Å². The van der Waals surface area contributed by atoms with Crippen LogP contribution in [0, 0.1) is 0 Å². The molecule has 0 aliphatic heterocycles. The molecule has 0 amide bonds. The Hall–Kier alpha value is -4.42. The number of fused-ring (bicyclic) bond motifs is 4. The summed E-state index contributed by atoms with van der Waals surface area (Å²) in [5, 5.41) is 3.43. The number of halogens is 1. The van der Waals surface area contributed by atoms with Gasteiger partial charge in [-0.3, -0.25) is 9.36 Å². The Labute approximate surface area is 217 Å². The number of esters is 1. The molecule has 0 bridgehead atoms. The van der Waals surface area contributed by atoms with E-state index in [1.165, 1.54) is 14.0 Å². The minimum absolute atomic E-state index is 0.107. The number of aromatic nitrogens is 3. The van der Waals surface area contributed by atoms with E-state index in [4.69, 9.17) is 21.3 Å². The van der Waals surface area contributed by atoms with Gasteiger partial charge in [-0.15, -0.1) is 0 Å². The van der Waals surface area contributed by atoms with E-state index in [0.717, 1.165) is 43.8 Å². The molecule has 0 fully saturated rings. The number of nitrogens with zero attached hydrogens (tertiary/aromatic N) is 3. The largest absolute Gasteiger partial charge is 0.464 e. The second-order valence-electron chi connectivity index (χ2n) is 8.92. The first-order chi connectivity index (χ1) is 18.0. The highest BCUT2D eigenvalue weighted by Gasteiger charge is 2.23. The van der Waals surface area contributed by atoms with Crippen molar-refractivity contribution in [1.82, 2.24) is 14.1 Å². The maximum atomic E-state index is 12.7. The lowest BCUT2D eigenvalue weighted by Crippen LogP contribution is -2.07. The van der Waals surface area contributed by atoms with Gasteiger partial charge in [-0.25, -0.2) is 9.78 Å². The summed E-state index contributed by atoms with van der Waals surface area (Å²) < 4.78 is 8.88. The molecule has 182 valence electrons. The zero-order chi connectivity index (χ0) is 25.7. The number of rotatable bonds is 4. The Kier molecular flexibility index (Phi) is 5.54. The number of hydrogen-bond acceptors (Lipinski definition) is 4. The van der Waals surface area contributed by atoms with Crippen LogP contribution in [0.25, 0.3) is 44.0 Å². The molecule has 37 heavy (non-hydrogen) atoms. The summed E-state index contributed by atoms with van der Waals surface area (Å²) in [4.78, 5) is 30.1. The summed E-state index contributed by atoms with van der Waals surface area (Å²) in [6.07, 6.45) is 1.81. The molecule has 0 unspecified atom stereocenters. The van der Waals surface area contributed by atoms with Gasteiger partial charge in [-0.1, -0.05) is 60.1 Å². The highest BCUT2D eigenvalue weighted by Crippen LogP contribution is 2.39. The lowest BCUT2D eigenvalue weighted by Gasteiger charge is -2.12. The Morgan fingerprint density at radius 1 is 0.892 bits per heavy atom. The van der Waals surface area contributed by atoms with E-state index in [1.807, 2.05) is 66.7 Å². The third-order valence-electron chi connectivity index (χ3n) is 6.70. The molecule has 6 aromatic rings. The number of benzene rings is 3. The molecule has 0 saturated heterocycles. The van der Waals surface area contributed by atoms with E-state index < -0.39 is 5.97 Å². The van der Waals surface area contributed by atoms with Gasteiger partial charge < -0.3 is 9.30 Å². The van der Waals surface area contributed by atoms with E-state index in [9.17, 15) is 9.59 Å². The van der Waals surface area contributed by atoms with Crippen LogP contribution in [0.3, 0.4) is 0 Å². The Morgan fingerprint density at radius 2 is 1.57 bits per heavy atom. The van der Waals surface area contributed by atoms with E-state index in [2.05, 4.69) is 10.6 Å². The summed E-state index contributed by atoms with van der Waals surface area (Å²) in [6, 6.07) is 25.3. The number of ether oxygens (including phenoxy) is 1. The van der Waals surface area contributed by atoms with Crippen molar-refractivity contribution in [2.45, 2.75) is 13.5 Å². The molecule has 0 aliphatic rings. The topological polar surface area (TPSA) is 66.1 Å². The Morgan fingerprint density at radius 3 is 2.27 bits per heavy atom. The molecule has 0 atom stereocenters. The first-order valence-corrected chi connectivity index (χ1v) is 12.2. The Bertz CT molecular complexity index is 1850. The van der Waals surface area contributed by atoms with E-state index in [0.29, 0.717) is 17.3 Å². The first kappa shape index (κ1) is 23.0. The molecule has 3 aromatic carbocycles. The molecule has 3 heterocycles. The van der Waals surface area contributed by atoms with Gasteiger partial charge in [0.05, 0.1) is 23.8 Å². The fourth-order valence-electron chi connectivity index (χ4n) is 5.04. The van der Waals surface area contributed by atoms with Gasteiger partial charge in [-0.2, -0.15) is 0 Å². The molecule has 3 aromatic heterocycles. The van der Waals surface area contributed by atoms with Crippen LogP contribution in [0.5, 0.6) is 0 Å². The van der Waals surface area contributed by atoms with E-state index in [-0.39, 0.29) is 11.6 Å². The molecule has 0 spiro atoms. The lowest BCUT2D eigenvalue weighted by molar-refractivity contribution is 0.0594. The van der Waals surface area contributed by atoms with Gasteiger partial charge in [0.1, 0.15) is 5.69 Å². The van der Waals surface area contributed by atoms with E-state index >= 15 is 0 Å². The molecular weight excluding hydrogens is 486 g/mol. The SMILES string of the molecule is COC(=O)c1cc2c3ccccc3n(Cc3ccc(Cl)cc3)c2c(-c2cn(C(C)=O)c3ccccc23)n1. The van der Waals surface area contributed by atoms with Crippen molar-refractivity contribution in [3.63, 3.8) is 0 Å². The number of pyridine rings is 1. The van der Waals surface area contributed by atoms with Gasteiger partial charge in [0.15, 0.2) is 0 Å². The van der Waals surface area contributed by atoms with Gasteiger partial charge in [0.25, 0.3) is 0 Å². The molecule has 0 radical (unpaired) electrons. The van der Waals surface area contributed by atoms with Crippen molar-refractivity contribution in [3.05, 3.63) is 101 Å². The van der Waals surface area contributed by atoms with Crippen LogP contribution in [0.2, 0.25) is 5.02 Å². The van der Waals surface area contributed by atoms with Crippen LogP contribution >= 0.6 is 11.6 Å². The lowest BCUT2D eigenvalue weighted by atomic mass is 10.1.